The van der Waals surface area contributed by atoms with Crippen LogP contribution in [0.25, 0.3) is 0 Å². The van der Waals surface area contributed by atoms with Gasteiger partial charge in [0.1, 0.15) is 0 Å². The summed E-state index contributed by atoms with van der Waals surface area (Å²) in [6, 6.07) is 3.26. The third kappa shape index (κ3) is 3.66. The van der Waals surface area contributed by atoms with Crippen LogP contribution in [0.3, 0.4) is 0 Å². The molecule has 0 aliphatic heterocycles. The van der Waals surface area contributed by atoms with E-state index >= 15 is 0 Å². The Balaban J connectivity index is 1.72. The van der Waals surface area contributed by atoms with Gasteiger partial charge >= 0.3 is 6.09 Å². The molecule has 1 fully saturated rings. The lowest BCUT2D eigenvalue weighted by molar-refractivity contribution is 0.0915. The summed E-state index contributed by atoms with van der Waals surface area (Å²) >= 11 is 1.84. The highest BCUT2D eigenvalue weighted by Gasteiger charge is 2.47. The molecule has 1 N–H and O–H groups in total. The van der Waals surface area contributed by atoms with E-state index in [9.17, 15) is 4.79 Å². The van der Waals surface area contributed by atoms with Crippen molar-refractivity contribution in [1.82, 2.24) is 5.32 Å². The lowest BCUT2D eigenvalue weighted by Crippen LogP contribution is -2.54. The monoisotopic (exact) mass is 351 g/mol. The second-order valence-electron chi connectivity index (χ2n) is 8.28. The maximum atomic E-state index is 12.5. The molecule has 3 rings (SSSR count). The van der Waals surface area contributed by atoms with Crippen LogP contribution in [0.5, 0.6) is 0 Å². The van der Waals surface area contributed by atoms with E-state index in [1.54, 1.807) is 0 Å². The van der Waals surface area contributed by atoms with E-state index in [-0.39, 0.29) is 11.6 Å². The van der Waals surface area contributed by atoms with Gasteiger partial charge in [-0.15, -0.1) is 11.3 Å². The minimum absolute atomic E-state index is 0.165. The summed E-state index contributed by atoms with van der Waals surface area (Å²) in [4.78, 5) is 13.9. The summed E-state index contributed by atoms with van der Waals surface area (Å²) in [5.41, 5.74) is 1.21. The standard InChI is InChI=1S/C18H29NO2SSi/c1-23(2,3)13-11-21-17(20)19-18-10-5-4-6-14(18)7-8-16-15(18)9-12-22-16/h9,12,14H,4-8,10-11,13H2,1-3H3,(H,19,20)/t14-,18+/m1/s1. The Labute approximate surface area is 144 Å². The molecule has 3 nitrogen and oxygen atoms in total. The van der Waals surface area contributed by atoms with E-state index < -0.39 is 8.07 Å². The van der Waals surface area contributed by atoms with Gasteiger partial charge in [0, 0.05) is 13.0 Å². The van der Waals surface area contributed by atoms with Crippen LogP contribution < -0.4 is 5.32 Å². The smallest absolute Gasteiger partial charge is 0.407 e. The number of amides is 1. The molecule has 1 saturated carbocycles. The van der Waals surface area contributed by atoms with Gasteiger partial charge in [0.15, 0.2) is 0 Å². The number of fused-ring (bicyclic) bond motifs is 3. The van der Waals surface area contributed by atoms with Crippen molar-refractivity contribution < 1.29 is 9.53 Å². The number of thiophene rings is 1. The molecule has 0 saturated heterocycles. The van der Waals surface area contributed by atoms with Crippen LogP contribution in [-0.2, 0) is 16.7 Å². The quantitative estimate of drug-likeness (QED) is 0.762. The largest absolute Gasteiger partial charge is 0.450 e. The molecule has 0 bridgehead atoms. The van der Waals surface area contributed by atoms with Crippen LogP contribution >= 0.6 is 11.3 Å². The highest BCUT2D eigenvalue weighted by molar-refractivity contribution is 7.10. The summed E-state index contributed by atoms with van der Waals surface area (Å²) in [7, 11) is -1.16. The first-order chi connectivity index (χ1) is 10.9. The highest BCUT2D eigenvalue weighted by Crippen LogP contribution is 2.49. The Morgan fingerprint density at radius 1 is 1.39 bits per heavy atom. The summed E-state index contributed by atoms with van der Waals surface area (Å²) < 4.78 is 5.54. The number of nitrogens with one attached hydrogen (secondary N) is 1. The van der Waals surface area contributed by atoms with E-state index in [4.69, 9.17) is 4.74 Å². The van der Waals surface area contributed by atoms with Gasteiger partial charge in [-0.25, -0.2) is 4.79 Å². The fourth-order valence-electron chi connectivity index (χ4n) is 4.13. The van der Waals surface area contributed by atoms with Crippen molar-refractivity contribution in [2.45, 2.75) is 69.7 Å². The van der Waals surface area contributed by atoms with Crippen LogP contribution in [0.4, 0.5) is 4.79 Å². The van der Waals surface area contributed by atoms with Crippen LogP contribution in [0.15, 0.2) is 11.4 Å². The van der Waals surface area contributed by atoms with Crippen LogP contribution in [-0.4, -0.2) is 20.8 Å². The number of carbonyl (C=O) groups excluding carboxylic acids is 1. The highest BCUT2D eigenvalue weighted by atomic mass is 32.1. The molecule has 5 heteroatoms. The van der Waals surface area contributed by atoms with Crippen LogP contribution in [0.2, 0.25) is 25.7 Å². The third-order valence-corrected chi connectivity index (χ3v) is 8.11. The van der Waals surface area contributed by atoms with Crippen molar-refractivity contribution in [2.24, 2.45) is 5.92 Å². The fraction of sp³-hybridized carbons (Fsp3) is 0.722. The molecule has 2 aliphatic rings. The van der Waals surface area contributed by atoms with E-state index in [0.29, 0.717) is 12.5 Å². The molecule has 2 atom stereocenters. The first-order valence-electron chi connectivity index (χ1n) is 8.92. The second-order valence-corrected chi connectivity index (χ2v) is 14.9. The Morgan fingerprint density at radius 2 is 2.22 bits per heavy atom. The zero-order chi connectivity index (χ0) is 16.5. The molecular weight excluding hydrogens is 322 g/mol. The summed E-state index contributed by atoms with van der Waals surface area (Å²) in [6.45, 7) is 7.48. The summed E-state index contributed by atoms with van der Waals surface area (Å²) in [5.74, 6) is 0.572. The van der Waals surface area contributed by atoms with E-state index in [2.05, 4.69) is 36.4 Å². The van der Waals surface area contributed by atoms with Gasteiger partial charge < -0.3 is 10.1 Å². The van der Waals surface area contributed by atoms with Gasteiger partial charge in [0.05, 0.1) is 12.1 Å². The molecule has 0 spiro atoms. The number of carbonyl (C=O) groups is 1. The number of alkyl carbamates (subject to hydrolysis) is 1. The lowest BCUT2D eigenvalue weighted by Gasteiger charge is -2.47. The Bertz CT molecular complexity index is 566. The molecule has 1 amide bonds. The molecule has 0 aromatic carbocycles. The van der Waals surface area contributed by atoms with Crippen LogP contribution in [0.1, 0.15) is 42.5 Å². The van der Waals surface area contributed by atoms with Crippen molar-refractivity contribution in [3.8, 4) is 0 Å². The van der Waals surface area contributed by atoms with Gasteiger partial charge in [-0.3, -0.25) is 0 Å². The lowest BCUT2D eigenvalue weighted by atomic mass is 9.64. The molecular formula is C18H29NO2SSi. The van der Waals surface area contributed by atoms with E-state index in [0.717, 1.165) is 12.5 Å². The predicted molar refractivity (Wildman–Crippen MR) is 98.9 cm³/mol. The summed E-state index contributed by atoms with van der Waals surface area (Å²) in [6.07, 6.45) is 6.93. The van der Waals surface area contributed by atoms with Crippen molar-refractivity contribution >= 4 is 25.5 Å². The molecule has 23 heavy (non-hydrogen) atoms. The second kappa shape index (κ2) is 6.59. The SMILES string of the molecule is C[Si](C)(C)CCOC(=O)N[C@@]12CCCC[C@@H]1CCc1sccc12. The van der Waals surface area contributed by atoms with Gasteiger partial charge in [0.25, 0.3) is 0 Å². The first-order valence-corrected chi connectivity index (χ1v) is 13.5. The summed E-state index contributed by atoms with van der Waals surface area (Å²) in [5, 5.41) is 5.51. The van der Waals surface area contributed by atoms with Crippen molar-refractivity contribution in [3.63, 3.8) is 0 Å². The van der Waals surface area contributed by atoms with Crippen LogP contribution in [0, 0.1) is 5.92 Å². The Kier molecular flexibility index (Phi) is 4.88. The number of aryl methyl sites for hydroxylation is 1. The number of hydrogen-bond acceptors (Lipinski definition) is 3. The Morgan fingerprint density at radius 3 is 3.00 bits per heavy atom. The zero-order valence-corrected chi connectivity index (χ0v) is 16.4. The Hall–Kier alpha value is -0.813. The average molecular weight is 352 g/mol. The maximum absolute atomic E-state index is 12.5. The number of hydrogen-bond donors (Lipinski definition) is 1. The molecule has 1 aromatic heterocycles. The van der Waals surface area contributed by atoms with Gasteiger partial charge in [0.2, 0.25) is 0 Å². The molecule has 128 valence electrons. The third-order valence-electron chi connectivity index (χ3n) is 5.43. The maximum Gasteiger partial charge on any atom is 0.407 e. The first kappa shape index (κ1) is 17.0. The topological polar surface area (TPSA) is 38.3 Å². The average Bonchev–Trinajstić information content (AvgIpc) is 2.95. The molecule has 1 aromatic rings. The molecule has 2 aliphatic carbocycles. The van der Waals surface area contributed by atoms with Gasteiger partial charge in [-0.2, -0.15) is 0 Å². The normalized spacial score (nSPS) is 27.0. The number of rotatable bonds is 4. The van der Waals surface area contributed by atoms with Gasteiger partial charge in [-0.1, -0.05) is 32.5 Å². The van der Waals surface area contributed by atoms with Crippen molar-refractivity contribution in [3.05, 3.63) is 21.9 Å². The minimum Gasteiger partial charge on any atom is -0.450 e. The van der Waals surface area contributed by atoms with E-state index in [1.165, 1.54) is 42.5 Å². The van der Waals surface area contributed by atoms with E-state index in [1.807, 2.05) is 11.3 Å². The van der Waals surface area contributed by atoms with Crippen molar-refractivity contribution in [2.75, 3.05) is 6.61 Å². The molecule has 0 radical (unpaired) electrons. The zero-order valence-electron chi connectivity index (χ0n) is 14.6. The predicted octanol–water partition coefficient (Wildman–Crippen LogP) is 5.14. The van der Waals surface area contributed by atoms with Gasteiger partial charge in [-0.05, 0) is 54.7 Å². The molecule has 0 unspecified atom stereocenters. The molecule has 1 heterocycles. The number of ether oxygens (including phenoxy) is 1. The fourth-order valence-corrected chi connectivity index (χ4v) is 5.82. The van der Waals surface area contributed by atoms with Crippen molar-refractivity contribution in [1.29, 1.82) is 0 Å². The minimum atomic E-state index is -1.16.